The van der Waals surface area contributed by atoms with E-state index in [9.17, 15) is 9.90 Å². The molecule has 3 rings (SSSR count). The van der Waals surface area contributed by atoms with Crippen molar-refractivity contribution in [3.8, 4) is 0 Å². The molecule has 0 spiro atoms. The number of thiophene rings is 1. The topological polar surface area (TPSA) is 40.5 Å². The smallest absolute Gasteiger partial charge is 0.334 e. The molecule has 2 aromatic rings. The Hall–Kier alpha value is -1.98. The molecule has 1 aromatic carbocycles. The highest BCUT2D eigenvalue weighted by Gasteiger charge is 2.27. The highest BCUT2D eigenvalue weighted by atomic mass is 32.2. The number of aliphatic carboxylic acids is 1. The quantitative estimate of drug-likeness (QED) is 0.678. The van der Waals surface area contributed by atoms with Crippen molar-refractivity contribution in [2.75, 3.05) is 5.75 Å². The maximum absolute atomic E-state index is 11.6. The maximum atomic E-state index is 11.6. The van der Waals surface area contributed by atoms with E-state index in [-0.39, 0.29) is 5.37 Å². The fraction of sp³-hybridized carbons (Fsp3) is 0.250. The monoisotopic (exact) mass is 371 g/mol. The van der Waals surface area contributed by atoms with Crippen molar-refractivity contribution in [3.63, 3.8) is 0 Å². The average Bonchev–Trinajstić information content (AvgIpc) is 3.13. The lowest BCUT2D eigenvalue weighted by atomic mass is 10.1. The Bertz CT molecular complexity index is 738. The number of carboxylic acid groups (broad SMARTS) is 1. The second kappa shape index (κ2) is 8.92. The van der Waals surface area contributed by atoms with Crippen LogP contribution in [0.15, 0.2) is 71.8 Å². The summed E-state index contributed by atoms with van der Waals surface area (Å²) in [4.78, 5) is 15.0. The van der Waals surface area contributed by atoms with Crippen LogP contribution >= 0.6 is 23.1 Å². The van der Waals surface area contributed by atoms with Gasteiger partial charge in [0.1, 0.15) is 5.37 Å². The van der Waals surface area contributed by atoms with Gasteiger partial charge >= 0.3 is 5.97 Å². The first-order chi connectivity index (χ1) is 12.2. The number of rotatable bonds is 8. The Morgan fingerprint density at radius 1 is 1.20 bits per heavy atom. The Morgan fingerprint density at radius 2 is 2.04 bits per heavy atom. The summed E-state index contributed by atoms with van der Waals surface area (Å²) in [7, 11) is 0. The summed E-state index contributed by atoms with van der Waals surface area (Å²) in [6, 6.07) is 14.5. The third-order valence-electron chi connectivity index (χ3n) is 4.01. The molecular formula is C20H21NO2S2. The SMILES string of the molecule is O=C(O)C1=CC=CN(Cc2cccs2)C1SCCCc1ccccc1. The lowest BCUT2D eigenvalue weighted by Gasteiger charge is -2.32. The molecule has 2 heterocycles. The number of hydrogen-bond acceptors (Lipinski definition) is 4. The van der Waals surface area contributed by atoms with E-state index >= 15 is 0 Å². The average molecular weight is 372 g/mol. The molecular weight excluding hydrogens is 350 g/mol. The molecule has 0 amide bonds. The molecule has 1 aromatic heterocycles. The molecule has 1 aliphatic heterocycles. The van der Waals surface area contributed by atoms with Gasteiger partial charge in [-0.2, -0.15) is 0 Å². The van der Waals surface area contributed by atoms with Crippen LogP contribution in [-0.4, -0.2) is 27.1 Å². The van der Waals surface area contributed by atoms with Crippen molar-refractivity contribution < 1.29 is 9.90 Å². The number of allylic oxidation sites excluding steroid dienone is 2. The van der Waals surface area contributed by atoms with Crippen molar-refractivity contribution in [2.45, 2.75) is 24.8 Å². The van der Waals surface area contributed by atoms with Crippen LogP contribution in [0, 0.1) is 0 Å². The molecule has 0 aliphatic carbocycles. The summed E-state index contributed by atoms with van der Waals surface area (Å²) in [5, 5.41) is 11.5. The summed E-state index contributed by atoms with van der Waals surface area (Å²) in [6.07, 6.45) is 7.61. The van der Waals surface area contributed by atoms with Crippen LogP contribution in [0.3, 0.4) is 0 Å². The standard InChI is InChI=1S/C20H21NO2S2/c22-20(23)18-11-4-12-21(15-17-10-6-13-24-17)19(18)25-14-5-9-16-7-2-1-3-8-16/h1-4,6-8,10-13,19H,5,9,14-15H2,(H,22,23). The minimum atomic E-state index is -0.832. The Labute approximate surface area is 156 Å². The van der Waals surface area contributed by atoms with Crippen LogP contribution < -0.4 is 0 Å². The zero-order valence-corrected chi connectivity index (χ0v) is 15.5. The fourth-order valence-electron chi connectivity index (χ4n) is 2.79. The van der Waals surface area contributed by atoms with Gasteiger partial charge in [0.25, 0.3) is 0 Å². The normalized spacial score (nSPS) is 16.7. The number of thioether (sulfide) groups is 1. The van der Waals surface area contributed by atoms with E-state index in [2.05, 4.69) is 40.6 Å². The molecule has 130 valence electrons. The van der Waals surface area contributed by atoms with Gasteiger partial charge in [-0.05, 0) is 47.8 Å². The van der Waals surface area contributed by atoms with Gasteiger partial charge < -0.3 is 10.0 Å². The van der Waals surface area contributed by atoms with E-state index in [0.29, 0.717) is 5.57 Å². The van der Waals surface area contributed by atoms with Crippen molar-refractivity contribution >= 4 is 29.1 Å². The summed E-state index contributed by atoms with van der Waals surface area (Å²) in [5.74, 6) is 0.0972. The van der Waals surface area contributed by atoms with Gasteiger partial charge in [0.05, 0.1) is 12.1 Å². The number of hydrogen-bond donors (Lipinski definition) is 1. The summed E-state index contributed by atoms with van der Waals surface area (Å²) in [5.41, 5.74) is 1.79. The van der Waals surface area contributed by atoms with E-state index in [4.69, 9.17) is 0 Å². The molecule has 1 N–H and O–H groups in total. The second-order valence-corrected chi connectivity index (χ2v) is 8.05. The van der Waals surface area contributed by atoms with Gasteiger partial charge in [-0.1, -0.05) is 36.4 Å². The molecule has 1 unspecified atom stereocenters. The Balaban J connectivity index is 1.60. The van der Waals surface area contributed by atoms with Gasteiger partial charge in [-0.15, -0.1) is 23.1 Å². The number of carbonyl (C=O) groups is 1. The number of benzene rings is 1. The van der Waals surface area contributed by atoms with Gasteiger partial charge in [0, 0.05) is 11.1 Å². The van der Waals surface area contributed by atoms with E-state index in [1.807, 2.05) is 24.4 Å². The van der Waals surface area contributed by atoms with Gasteiger partial charge in [-0.25, -0.2) is 4.79 Å². The van der Waals surface area contributed by atoms with Crippen molar-refractivity contribution in [1.29, 1.82) is 0 Å². The van der Waals surface area contributed by atoms with E-state index in [0.717, 1.165) is 25.1 Å². The molecule has 3 nitrogen and oxygen atoms in total. The third kappa shape index (κ3) is 5.00. The number of aryl methyl sites for hydroxylation is 1. The number of carboxylic acids is 1. The second-order valence-electron chi connectivity index (χ2n) is 5.83. The maximum Gasteiger partial charge on any atom is 0.334 e. The molecule has 1 atom stereocenters. The molecule has 0 radical (unpaired) electrons. The minimum absolute atomic E-state index is 0.139. The van der Waals surface area contributed by atoms with Crippen LogP contribution in [-0.2, 0) is 17.8 Å². The lowest BCUT2D eigenvalue weighted by molar-refractivity contribution is -0.133. The molecule has 0 bridgehead atoms. The molecule has 5 heteroatoms. The van der Waals surface area contributed by atoms with Crippen LogP contribution in [0.2, 0.25) is 0 Å². The molecule has 0 saturated carbocycles. The highest BCUT2D eigenvalue weighted by molar-refractivity contribution is 8.00. The number of nitrogens with zero attached hydrogens (tertiary/aromatic N) is 1. The van der Waals surface area contributed by atoms with E-state index < -0.39 is 5.97 Å². The van der Waals surface area contributed by atoms with Crippen molar-refractivity contribution in [3.05, 3.63) is 82.2 Å². The first-order valence-corrected chi connectivity index (χ1v) is 10.2. The molecule has 0 fully saturated rings. The van der Waals surface area contributed by atoms with Crippen LogP contribution in [0.1, 0.15) is 16.9 Å². The van der Waals surface area contributed by atoms with Crippen molar-refractivity contribution in [1.82, 2.24) is 4.90 Å². The van der Waals surface area contributed by atoms with E-state index in [1.54, 1.807) is 29.2 Å². The van der Waals surface area contributed by atoms with Gasteiger partial charge in [0.15, 0.2) is 0 Å². The summed E-state index contributed by atoms with van der Waals surface area (Å²) < 4.78 is 0. The molecule has 25 heavy (non-hydrogen) atoms. The summed E-state index contributed by atoms with van der Waals surface area (Å²) >= 11 is 3.42. The van der Waals surface area contributed by atoms with Crippen LogP contribution in [0.5, 0.6) is 0 Å². The van der Waals surface area contributed by atoms with E-state index in [1.165, 1.54) is 10.4 Å². The first-order valence-electron chi connectivity index (χ1n) is 8.29. The van der Waals surface area contributed by atoms with Crippen LogP contribution in [0.4, 0.5) is 0 Å². The third-order valence-corrected chi connectivity index (χ3v) is 6.24. The van der Waals surface area contributed by atoms with Gasteiger partial charge in [-0.3, -0.25) is 0 Å². The summed E-state index contributed by atoms with van der Waals surface area (Å²) in [6.45, 7) is 0.745. The minimum Gasteiger partial charge on any atom is -0.478 e. The van der Waals surface area contributed by atoms with Gasteiger partial charge in [0.2, 0.25) is 0 Å². The Morgan fingerprint density at radius 3 is 2.76 bits per heavy atom. The zero-order chi connectivity index (χ0) is 17.5. The Kier molecular flexibility index (Phi) is 6.36. The highest BCUT2D eigenvalue weighted by Crippen LogP contribution is 2.30. The fourth-order valence-corrected chi connectivity index (χ4v) is 4.74. The predicted molar refractivity (Wildman–Crippen MR) is 106 cm³/mol. The zero-order valence-electron chi connectivity index (χ0n) is 13.9. The molecule has 0 saturated heterocycles. The first kappa shape index (κ1) is 17.8. The van der Waals surface area contributed by atoms with Crippen LogP contribution in [0.25, 0.3) is 0 Å². The lowest BCUT2D eigenvalue weighted by Crippen LogP contribution is -2.34. The molecule has 1 aliphatic rings. The largest absolute Gasteiger partial charge is 0.478 e. The van der Waals surface area contributed by atoms with Crippen molar-refractivity contribution in [2.24, 2.45) is 0 Å². The predicted octanol–water partition coefficient (Wildman–Crippen LogP) is 4.78.